The summed E-state index contributed by atoms with van der Waals surface area (Å²) in [5.41, 5.74) is 8.39. The predicted molar refractivity (Wildman–Crippen MR) is 77.4 cm³/mol. The normalized spacial score (nSPS) is 10.8. The van der Waals surface area contributed by atoms with Gasteiger partial charge >= 0.3 is 0 Å². The first-order valence-corrected chi connectivity index (χ1v) is 6.30. The summed E-state index contributed by atoms with van der Waals surface area (Å²) in [6, 6.07) is 11.0. The number of para-hydroxylation sites is 1. The van der Waals surface area contributed by atoms with Crippen molar-refractivity contribution in [1.82, 2.24) is 14.8 Å². The van der Waals surface area contributed by atoms with E-state index in [1.165, 1.54) is 0 Å². The second-order valence-electron chi connectivity index (χ2n) is 4.69. The number of aryl methyl sites for hydroxylation is 1. The van der Waals surface area contributed by atoms with Crippen LogP contribution in [-0.2, 0) is 13.5 Å². The fourth-order valence-corrected chi connectivity index (χ4v) is 2.16. The van der Waals surface area contributed by atoms with Gasteiger partial charge in [0.05, 0.1) is 17.6 Å². The van der Waals surface area contributed by atoms with Crippen LogP contribution in [0.15, 0.2) is 42.6 Å². The smallest absolute Gasteiger partial charge is 0.187 e. The lowest BCUT2D eigenvalue weighted by Crippen LogP contribution is -2.08. The van der Waals surface area contributed by atoms with Crippen molar-refractivity contribution in [3.05, 3.63) is 54.0 Å². The van der Waals surface area contributed by atoms with E-state index in [1.54, 1.807) is 10.7 Å². The van der Waals surface area contributed by atoms with Gasteiger partial charge in [-0.05, 0) is 18.2 Å². The van der Waals surface area contributed by atoms with E-state index in [9.17, 15) is 4.79 Å². The molecule has 0 unspecified atom stereocenters. The summed E-state index contributed by atoms with van der Waals surface area (Å²) in [4.78, 5) is 16.6. The van der Waals surface area contributed by atoms with Crippen LogP contribution in [-0.4, -0.2) is 20.5 Å². The third-order valence-corrected chi connectivity index (χ3v) is 3.14. The van der Waals surface area contributed by atoms with E-state index in [4.69, 9.17) is 5.73 Å². The molecule has 5 heteroatoms. The molecular weight excluding hydrogens is 252 g/mol. The fraction of sp³-hybridized carbons (Fsp3) is 0.133. The summed E-state index contributed by atoms with van der Waals surface area (Å²) >= 11 is 0. The third-order valence-electron chi connectivity index (χ3n) is 3.14. The molecule has 100 valence electrons. The summed E-state index contributed by atoms with van der Waals surface area (Å²) in [6.07, 6.45) is 2.04. The van der Waals surface area contributed by atoms with Crippen LogP contribution in [0.25, 0.3) is 10.9 Å². The summed E-state index contributed by atoms with van der Waals surface area (Å²) in [5.74, 6) is -0.0823. The molecule has 20 heavy (non-hydrogen) atoms. The van der Waals surface area contributed by atoms with Gasteiger partial charge in [0.2, 0.25) is 0 Å². The van der Waals surface area contributed by atoms with Crippen molar-refractivity contribution < 1.29 is 4.79 Å². The third kappa shape index (κ3) is 2.25. The Morgan fingerprint density at radius 3 is 2.85 bits per heavy atom. The molecule has 3 rings (SSSR count). The van der Waals surface area contributed by atoms with Crippen LogP contribution in [0.3, 0.4) is 0 Å². The molecule has 0 bridgehead atoms. The number of ketones is 1. The van der Waals surface area contributed by atoms with Gasteiger partial charge in [0, 0.05) is 24.3 Å². The molecule has 0 atom stereocenters. The highest BCUT2D eigenvalue weighted by Gasteiger charge is 2.12. The molecule has 0 aliphatic rings. The molecule has 0 saturated heterocycles. The maximum absolute atomic E-state index is 12.3. The van der Waals surface area contributed by atoms with Crippen molar-refractivity contribution >= 4 is 22.4 Å². The largest absolute Gasteiger partial charge is 0.398 e. The Morgan fingerprint density at radius 1 is 1.30 bits per heavy atom. The van der Waals surface area contributed by atoms with Crippen LogP contribution in [0.5, 0.6) is 0 Å². The maximum Gasteiger partial charge on any atom is 0.187 e. The molecule has 3 aromatic rings. The quantitative estimate of drug-likeness (QED) is 0.735. The fourth-order valence-electron chi connectivity index (χ4n) is 2.16. The molecule has 0 amide bonds. The van der Waals surface area contributed by atoms with E-state index in [-0.39, 0.29) is 12.2 Å². The zero-order valence-electron chi connectivity index (χ0n) is 11.1. The number of nitrogens with two attached hydrogens (primary N) is 1. The molecule has 0 fully saturated rings. The highest BCUT2D eigenvalue weighted by Crippen LogP contribution is 2.20. The second kappa shape index (κ2) is 4.77. The Morgan fingerprint density at radius 2 is 2.10 bits per heavy atom. The number of aromatic nitrogens is 3. The van der Waals surface area contributed by atoms with Crippen LogP contribution in [0.4, 0.5) is 5.69 Å². The Balaban J connectivity index is 1.95. The predicted octanol–water partition coefficient (Wildman–Crippen LogP) is 1.98. The average molecular weight is 266 g/mol. The van der Waals surface area contributed by atoms with Crippen molar-refractivity contribution in [1.29, 1.82) is 0 Å². The van der Waals surface area contributed by atoms with Crippen LogP contribution >= 0.6 is 0 Å². The molecule has 0 radical (unpaired) electrons. The SMILES string of the molecule is Cn1ccc(CC(=O)c2cc(N)c3ccccc3n2)n1. The minimum absolute atomic E-state index is 0.0823. The van der Waals surface area contributed by atoms with Crippen molar-refractivity contribution in [2.45, 2.75) is 6.42 Å². The molecule has 5 nitrogen and oxygen atoms in total. The van der Waals surface area contributed by atoms with Crippen LogP contribution in [0.2, 0.25) is 0 Å². The number of Topliss-reactive ketones (excluding diaryl/α,β-unsaturated/α-hetero) is 1. The van der Waals surface area contributed by atoms with Gasteiger partial charge in [-0.15, -0.1) is 0 Å². The summed E-state index contributed by atoms with van der Waals surface area (Å²) in [7, 11) is 1.82. The second-order valence-corrected chi connectivity index (χ2v) is 4.69. The number of hydrogen-bond acceptors (Lipinski definition) is 4. The summed E-state index contributed by atoms with van der Waals surface area (Å²) < 4.78 is 1.67. The van der Waals surface area contributed by atoms with E-state index < -0.39 is 0 Å². The Bertz CT molecular complexity index is 791. The van der Waals surface area contributed by atoms with Gasteiger partial charge in [0.15, 0.2) is 5.78 Å². The average Bonchev–Trinajstić information content (AvgIpc) is 2.84. The first kappa shape index (κ1) is 12.3. The van der Waals surface area contributed by atoms with Gasteiger partial charge < -0.3 is 5.73 Å². The first-order chi connectivity index (χ1) is 9.63. The molecule has 1 aromatic carbocycles. The molecule has 2 heterocycles. The van der Waals surface area contributed by atoms with Crippen LogP contribution in [0, 0.1) is 0 Å². The number of nitrogen functional groups attached to an aromatic ring is 1. The maximum atomic E-state index is 12.3. The van der Waals surface area contributed by atoms with E-state index in [2.05, 4.69) is 10.1 Å². The number of benzene rings is 1. The first-order valence-electron chi connectivity index (χ1n) is 6.30. The number of pyridine rings is 1. The Hall–Kier alpha value is -2.69. The number of hydrogen-bond donors (Lipinski definition) is 1. The minimum atomic E-state index is -0.0823. The van der Waals surface area contributed by atoms with Crippen molar-refractivity contribution in [3.63, 3.8) is 0 Å². The van der Waals surface area contributed by atoms with Crippen molar-refractivity contribution in [2.75, 3.05) is 5.73 Å². The number of rotatable bonds is 3. The number of carbonyl (C=O) groups is 1. The zero-order valence-corrected chi connectivity index (χ0v) is 11.1. The molecule has 0 aliphatic carbocycles. The molecule has 0 saturated carbocycles. The molecule has 2 aromatic heterocycles. The highest BCUT2D eigenvalue weighted by atomic mass is 16.1. The van der Waals surface area contributed by atoms with E-state index in [1.807, 2.05) is 43.6 Å². The molecular formula is C15H14N4O. The number of fused-ring (bicyclic) bond motifs is 1. The minimum Gasteiger partial charge on any atom is -0.398 e. The number of nitrogens with zero attached hydrogens (tertiary/aromatic N) is 3. The topological polar surface area (TPSA) is 73.8 Å². The highest BCUT2D eigenvalue weighted by molar-refractivity contribution is 6.00. The zero-order chi connectivity index (χ0) is 14.1. The Kier molecular flexibility index (Phi) is 2.95. The monoisotopic (exact) mass is 266 g/mol. The van der Waals surface area contributed by atoms with Gasteiger partial charge in [-0.3, -0.25) is 9.48 Å². The lowest BCUT2D eigenvalue weighted by molar-refractivity contribution is 0.0987. The molecule has 2 N–H and O–H groups in total. The molecule has 0 aliphatic heterocycles. The van der Waals surface area contributed by atoms with Crippen LogP contribution < -0.4 is 5.73 Å². The van der Waals surface area contributed by atoms with Gasteiger partial charge in [-0.2, -0.15) is 5.10 Å². The van der Waals surface area contributed by atoms with Crippen molar-refractivity contribution in [2.24, 2.45) is 7.05 Å². The van der Waals surface area contributed by atoms with Gasteiger partial charge in [-0.1, -0.05) is 18.2 Å². The molecule has 0 spiro atoms. The van der Waals surface area contributed by atoms with E-state index in [0.29, 0.717) is 11.4 Å². The number of carbonyl (C=O) groups excluding carboxylic acids is 1. The van der Waals surface area contributed by atoms with Crippen LogP contribution in [0.1, 0.15) is 16.2 Å². The van der Waals surface area contributed by atoms with Gasteiger partial charge in [-0.25, -0.2) is 4.98 Å². The number of anilines is 1. The summed E-state index contributed by atoms with van der Waals surface area (Å²) in [5, 5.41) is 5.06. The van der Waals surface area contributed by atoms with Gasteiger partial charge in [0.25, 0.3) is 0 Å². The standard InChI is InChI=1S/C15H14N4O/c1-19-7-6-10(18-19)8-15(20)14-9-12(16)11-4-2-3-5-13(11)17-14/h2-7,9H,8H2,1H3,(H2,16,17). The van der Waals surface area contributed by atoms with E-state index >= 15 is 0 Å². The van der Waals surface area contributed by atoms with Crippen molar-refractivity contribution in [3.8, 4) is 0 Å². The summed E-state index contributed by atoms with van der Waals surface area (Å²) in [6.45, 7) is 0. The lowest BCUT2D eigenvalue weighted by atomic mass is 10.1. The van der Waals surface area contributed by atoms with E-state index in [0.717, 1.165) is 16.6 Å². The van der Waals surface area contributed by atoms with Gasteiger partial charge in [0.1, 0.15) is 5.69 Å². The lowest BCUT2D eigenvalue weighted by Gasteiger charge is -2.05. The Labute approximate surface area is 116 Å².